The molecule has 0 radical (unpaired) electrons. The molecule has 8 heteroatoms. The summed E-state index contributed by atoms with van der Waals surface area (Å²) in [5.41, 5.74) is -1.42. The average molecular weight is 417 g/mol. The van der Waals surface area contributed by atoms with Gasteiger partial charge in [0.05, 0.1) is 15.7 Å². The molecule has 0 aromatic heterocycles. The zero-order valence-corrected chi connectivity index (χ0v) is 16.6. The second-order valence-electron chi connectivity index (χ2n) is 7.30. The van der Waals surface area contributed by atoms with Gasteiger partial charge in [-0.2, -0.15) is 8.78 Å². The lowest BCUT2D eigenvalue weighted by atomic mass is 9.95. The van der Waals surface area contributed by atoms with Crippen molar-refractivity contribution < 1.29 is 26.5 Å². The van der Waals surface area contributed by atoms with Gasteiger partial charge in [-0.25, -0.2) is 17.7 Å². The van der Waals surface area contributed by atoms with Gasteiger partial charge in [0.15, 0.2) is 5.72 Å². The Morgan fingerprint density at radius 1 is 0.964 bits per heavy atom. The summed E-state index contributed by atoms with van der Waals surface area (Å²) in [6, 6.07) is 16.2. The molecule has 154 valence electrons. The van der Waals surface area contributed by atoms with Crippen molar-refractivity contribution in [2.75, 3.05) is 0 Å². The summed E-state index contributed by atoms with van der Waals surface area (Å²) in [4.78, 5) is 0. The third kappa shape index (κ3) is 5.62. The number of nitrogens with one attached hydrogen (secondary N) is 1. The molecule has 0 aliphatic carbocycles. The topological polar surface area (TPSA) is 38.3 Å². The molecule has 2 aromatic rings. The Hall–Kier alpha value is -1.77. The molecule has 0 amide bonds. The predicted octanol–water partition coefficient (Wildman–Crippen LogP) is 5.01. The highest BCUT2D eigenvalue weighted by molar-refractivity contribution is 7.84. The first-order chi connectivity index (χ1) is 13.0. The molecule has 2 atom stereocenters. The van der Waals surface area contributed by atoms with Gasteiger partial charge in [0.1, 0.15) is 0 Å². The first kappa shape index (κ1) is 22.5. The summed E-state index contributed by atoms with van der Waals surface area (Å²) in [6.07, 6.45) is -9.03. The van der Waals surface area contributed by atoms with Crippen LogP contribution in [0.3, 0.4) is 0 Å². The van der Waals surface area contributed by atoms with Crippen LogP contribution in [0.5, 0.6) is 0 Å². The minimum absolute atomic E-state index is 0.164. The Labute approximate surface area is 164 Å². The maximum atomic E-state index is 14.1. The number of rotatable bonds is 8. The number of benzene rings is 2. The van der Waals surface area contributed by atoms with Crippen LogP contribution < -0.4 is 4.72 Å². The standard InChI is InChI=1S/C20H23F4NO2S/c1-18(2,3)28(26)25-19(16-12-8-5-9-13-16,27-20(23,24)17(21)22)14-15-10-6-4-7-11-15/h4-13,17,25H,14H2,1-3H3. The SMILES string of the molecule is CC(C)(C)S(=O)NC(Cc1ccccc1)(OC(F)(F)C(F)F)c1ccccc1. The van der Waals surface area contributed by atoms with Gasteiger partial charge in [-0.05, 0) is 31.9 Å². The molecule has 0 aliphatic heterocycles. The lowest BCUT2D eigenvalue weighted by Gasteiger charge is -2.39. The first-order valence-electron chi connectivity index (χ1n) is 8.61. The minimum Gasteiger partial charge on any atom is -0.289 e. The fraction of sp³-hybridized carbons (Fsp3) is 0.400. The quantitative estimate of drug-likeness (QED) is 0.484. The smallest absolute Gasteiger partial charge is 0.289 e. The van der Waals surface area contributed by atoms with E-state index in [-0.39, 0.29) is 12.0 Å². The zero-order chi connectivity index (χ0) is 21.0. The van der Waals surface area contributed by atoms with Gasteiger partial charge < -0.3 is 0 Å². The largest absolute Gasteiger partial charge is 0.418 e. The highest BCUT2D eigenvalue weighted by Crippen LogP contribution is 2.37. The van der Waals surface area contributed by atoms with Gasteiger partial charge in [0.25, 0.3) is 0 Å². The van der Waals surface area contributed by atoms with Crippen LogP contribution in [0.15, 0.2) is 60.7 Å². The van der Waals surface area contributed by atoms with Crippen LogP contribution in [0.25, 0.3) is 0 Å². The Morgan fingerprint density at radius 2 is 1.46 bits per heavy atom. The van der Waals surface area contributed by atoms with E-state index in [1.54, 1.807) is 69.3 Å². The molecule has 1 N–H and O–H groups in total. The Morgan fingerprint density at radius 3 is 1.93 bits per heavy atom. The third-order valence-corrected chi connectivity index (χ3v) is 5.54. The zero-order valence-electron chi connectivity index (χ0n) is 15.8. The molecule has 0 heterocycles. The van der Waals surface area contributed by atoms with E-state index in [1.165, 1.54) is 12.1 Å². The molecule has 0 saturated heterocycles. The summed E-state index contributed by atoms with van der Waals surface area (Å²) in [5.74, 6) is 0. The van der Waals surface area contributed by atoms with Crippen LogP contribution >= 0.6 is 0 Å². The summed E-state index contributed by atoms with van der Waals surface area (Å²) in [6.45, 7) is 4.92. The van der Waals surface area contributed by atoms with Crippen molar-refractivity contribution in [3.63, 3.8) is 0 Å². The highest BCUT2D eigenvalue weighted by atomic mass is 32.2. The van der Waals surface area contributed by atoms with Crippen molar-refractivity contribution in [2.45, 2.75) is 50.2 Å². The lowest BCUT2D eigenvalue weighted by molar-refractivity contribution is -0.349. The van der Waals surface area contributed by atoms with Crippen molar-refractivity contribution >= 4 is 11.0 Å². The van der Waals surface area contributed by atoms with Crippen LogP contribution in [0.2, 0.25) is 0 Å². The van der Waals surface area contributed by atoms with E-state index >= 15 is 0 Å². The minimum atomic E-state index is -4.75. The average Bonchev–Trinajstić information content (AvgIpc) is 2.62. The van der Waals surface area contributed by atoms with E-state index in [4.69, 9.17) is 4.74 Å². The van der Waals surface area contributed by atoms with E-state index in [1.807, 2.05) is 0 Å². The van der Waals surface area contributed by atoms with Crippen LogP contribution in [0.1, 0.15) is 31.9 Å². The van der Waals surface area contributed by atoms with E-state index in [0.717, 1.165) is 0 Å². The molecule has 2 rings (SSSR count). The third-order valence-electron chi connectivity index (χ3n) is 3.91. The highest BCUT2D eigenvalue weighted by Gasteiger charge is 2.52. The summed E-state index contributed by atoms with van der Waals surface area (Å²) >= 11 is 0. The maximum Gasteiger partial charge on any atom is 0.418 e. The van der Waals surface area contributed by atoms with Crippen LogP contribution in [-0.4, -0.2) is 21.5 Å². The van der Waals surface area contributed by atoms with E-state index in [2.05, 4.69) is 4.72 Å². The summed E-state index contributed by atoms with van der Waals surface area (Å²) < 4.78 is 73.4. The van der Waals surface area contributed by atoms with Gasteiger partial charge in [-0.1, -0.05) is 60.7 Å². The van der Waals surface area contributed by atoms with Crippen molar-refractivity contribution in [2.24, 2.45) is 0 Å². The Kier molecular flexibility index (Phi) is 7.01. The molecule has 0 fully saturated rings. The lowest BCUT2D eigenvalue weighted by Crippen LogP contribution is -2.55. The van der Waals surface area contributed by atoms with Crippen molar-refractivity contribution in [3.8, 4) is 0 Å². The molecule has 0 spiro atoms. The van der Waals surface area contributed by atoms with Crippen molar-refractivity contribution in [3.05, 3.63) is 71.8 Å². The Bertz CT molecular complexity index is 782. The number of alkyl halides is 4. The number of hydrogen-bond acceptors (Lipinski definition) is 2. The van der Waals surface area contributed by atoms with E-state index in [0.29, 0.717) is 5.56 Å². The van der Waals surface area contributed by atoms with Gasteiger partial charge in [-0.15, -0.1) is 0 Å². The monoisotopic (exact) mass is 417 g/mol. The molecule has 2 unspecified atom stereocenters. The van der Waals surface area contributed by atoms with Gasteiger partial charge in [0, 0.05) is 6.42 Å². The molecule has 0 saturated carbocycles. The molecular weight excluding hydrogens is 394 g/mol. The molecule has 28 heavy (non-hydrogen) atoms. The normalized spacial score (nSPS) is 16.0. The predicted molar refractivity (Wildman–Crippen MR) is 101 cm³/mol. The van der Waals surface area contributed by atoms with Crippen LogP contribution in [0, 0.1) is 0 Å². The van der Waals surface area contributed by atoms with E-state index < -0.39 is 34.0 Å². The van der Waals surface area contributed by atoms with Gasteiger partial charge >= 0.3 is 12.5 Å². The summed E-state index contributed by atoms with van der Waals surface area (Å²) in [7, 11) is -1.88. The first-order valence-corrected chi connectivity index (χ1v) is 9.76. The Balaban J connectivity index is 2.61. The molecule has 2 aromatic carbocycles. The molecule has 3 nitrogen and oxygen atoms in total. The van der Waals surface area contributed by atoms with Gasteiger partial charge in [0.2, 0.25) is 0 Å². The number of hydrogen-bond donors (Lipinski definition) is 1. The fourth-order valence-electron chi connectivity index (χ4n) is 2.48. The van der Waals surface area contributed by atoms with Crippen LogP contribution in [-0.2, 0) is 27.9 Å². The van der Waals surface area contributed by atoms with E-state index in [9.17, 15) is 21.8 Å². The molecular formula is C20H23F4NO2S. The van der Waals surface area contributed by atoms with Crippen molar-refractivity contribution in [1.82, 2.24) is 4.72 Å². The molecule has 0 bridgehead atoms. The number of halogens is 4. The summed E-state index contributed by atoms with van der Waals surface area (Å²) in [5, 5.41) is 0. The second-order valence-corrected chi connectivity index (χ2v) is 9.27. The maximum absolute atomic E-state index is 14.1. The van der Waals surface area contributed by atoms with Crippen molar-refractivity contribution in [1.29, 1.82) is 0 Å². The fourth-order valence-corrected chi connectivity index (χ4v) is 3.32. The van der Waals surface area contributed by atoms with Crippen LogP contribution in [0.4, 0.5) is 17.6 Å². The molecule has 0 aliphatic rings. The van der Waals surface area contributed by atoms with Gasteiger partial charge in [-0.3, -0.25) is 4.74 Å². The second kappa shape index (κ2) is 8.71. The number of ether oxygens (including phenoxy) is 1.